The highest BCUT2D eigenvalue weighted by Gasteiger charge is 2.46. The summed E-state index contributed by atoms with van der Waals surface area (Å²) >= 11 is 0. The van der Waals surface area contributed by atoms with Crippen LogP contribution in [-0.4, -0.2) is 72.6 Å². The van der Waals surface area contributed by atoms with Gasteiger partial charge in [0.2, 0.25) is 0 Å². The van der Waals surface area contributed by atoms with Crippen molar-refractivity contribution in [3.63, 3.8) is 0 Å². The van der Waals surface area contributed by atoms with E-state index in [4.69, 9.17) is 10.7 Å². The number of nitrogens with two attached hydrogens (primary N) is 1. The summed E-state index contributed by atoms with van der Waals surface area (Å²) in [5.74, 6) is -0.842. The lowest BCUT2D eigenvalue weighted by atomic mass is 9.87. The van der Waals surface area contributed by atoms with Gasteiger partial charge in [0.05, 0.1) is 23.6 Å². The minimum atomic E-state index is -3.78. The number of halogens is 1. The molecule has 2 atom stereocenters. The first-order chi connectivity index (χ1) is 19.2. The summed E-state index contributed by atoms with van der Waals surface area (Å²) in [6.45, 7) is 0. The molecule has 3 N–H and O–H groups in total. The number of amides is 1. The summed E-state index contributed by atoms with van der Waals surface area (Å²) in [6, 6.07) is 5.95. The molecule has 5 aromatic rings. The molecule has 2 aliphatic heterocycles. The first kappa shape index (κ1) is 24.6. The predicted molar refractivity (Wildman–Crippen MR) is 143 cm³/mol. The van der Waals surface area contributed by atoms with Gasteiger partial charge in [-0.2, -0.15) is 25.0 Å². The van der Waals surface area contributed by atoms with Crippen LogP contribution in [0.4, 0.5) is 10.2 Å². The van der Waals surface area contributed by atoms with Gasteiger partial charge in [-0.15, -0.1) is 0 Å². The molecule has 0 aliphatic carbocycles. The van der Waals surface area contributed by atoms with Gasteiger partial charge >= 0.3 is 0 Å². The normalized spacial score (nSPS) is 20.9. The van der Waals surface area contributed by atoms with Crippen molar-refractivity contribution in [1.82, 2.24) is 39.9 Å². The van der Waals surface area contributed by atoms with Gasteiger partial charge in [0.25, 0.3) is 5.91 Å². The zero-order valence-corrected chi connectivity index (χ0v) is 22.1. The van der Waals surface area contributed by atoms with Crippen LogP contribution in [0, 0.1) is 5.82 Å². The van der Waals surface area contributed by atoms with Gasteiger partial charge < -0.3 is 10.6 Å². The van der Waals surface area contributed by atoms with Gasteiger partial charge in [-0.3, -0.25) is 9.78 Å². The van der Waals surface area contributed by atoms with E-state index >= 15 is 0 Å². The number of carbonyl (C=O) groups is 1. The fraction of sp³-hybridized carbons (Fsp3) is 0.308. The minimum Gasteiger partial charge on any atom is -0.382 e. The van der Waals surface area contributed by atoms with E-state index in [0.717, 1.165) is 19.1 Å². The number of hydrogen-bond donors (Lipinski definition) is 2. The van der Waals surface area contributed by atoms with Crippen LogP contribution in [-0.2, 0) is 9.84 Å². The number of carbonyl (C=O) groups excluding carboxylic acids is 1. The highest BCUT2D eigenvalue weighted by atomic mass is 32.2. The number of pyridine rings is 1. The lowest BCUT2D eigenvalue weighted by Gasteiger charge is -2.38. The SMILES string of the molecule is CS(=O)(=O)c1c(C2CC3CCC(C2)N3C(=O)c2cn[nH]n2)nc2c(-c3cnc4ccc(F)cc4c3)cnn2c1N. The highest BCUT2D eigenvalue weighted by Crippen LogP contribution is 2.45. The number of hydrogen-bond acceptors (Lipinski definition) is 9. The second kappa shape index (κ2) is 8.78. The number of aromatic amines is 1. The Kier molecular flexibility index (Phi) is 5.39. The van der Waals surface area contributed by atoms with Gasteiger partial charge in [0.1, 0.15) is 16.5 Å². The molecule has 2 aliphatic rings. The topological polar surface area (TPSA) is 165 Å². The summed E-state index contributed by atoms with van der Waals surface area (Å²) < 4.78 is 41.3. The molecular formula is C26H24FN9O3S. The molecule has 7 rings (SSSR count). The maximum Gasteiger partial charge on any atom is 0.276 e. The Bertz CT molecular complexity index is 1910. The Morgan fingerprint density at radius 1 is 1.12 bits per heavy atom. The first-order valence-corrected chi connectivity index (χ1v) is 14.7. The van der Waals surface area contributed by atoms with Gasteiger partial charge in [0.15, 0.2) is 21.2 Å². The summed E-state index contributed by atoms with van der Waals surface area (Å²) in [5, 5.41) is 15.1. The highest BCUT2D eigenvalue weighted by molar-refractivity contribution is 7.91. The summed E-state index contributed by atoms with van der Waals surface area (Å²) in [5.41, 5.74) is 9.35. The molecule has 204 valence electrons. The summed E-state index contributed by atoms with van der Waals surface area (Å²) in [7, 11) is -3.78. The number of nitrogens with one attached hydrogen (secondary N) is 1. The van der Waals surface area contributed by atoms with Crippen molar-refractivity contribution < 1.29 is 17.6 Å². The van der Waals surface area contributed by atoms with Gasteiger partial charge in [-0.05, 0) is 49.9 Å². The number of anilines is 1. The molecule has 0 spiro atoms. The maximum absolute atomic E-state index is 13.9. The van der Waals surface area contributed by atoms with Gasteiger partial charge in [-0.25, -0.2) is 17.8 Å². The van der Waals surface area contributed by atoms with Crippen LogP contribution in [0.15, 0.2) is 47.8 Å². The third-order valence-electron chi connectivity index (χ3n) is 7.98. The number of H-pyrrole nitrogens is 1. The monoisotopic (exact) mass is 561 g/mol. The molecule has 14 heteroatoms. The number of piperidine rings is 1. The van der Waals surface area contributed by atoms with Crippen molar-refractivity contribution >= 4 is 38.1 Å². The Balaban J connectivity index is 1.34. The Morgan fingerprint density at radius 3 is 2.60 bits per heavy atom. The molecule has 0 saturated carbocycles. The molecule has 12 nitrogen and oxygen atoms in total. The number of sulfone groups is 1. The molecule has 6 heterocycles. The lowest BCUT2D eigenvalue weighted by Crippen LogP contribution is -2.46. The number of rotatable bonds is 4. The van der Waals surface area contributed by atoms with E-state index in [1.165, 1.54) is 22.8 Å². The standard InChI is InChI=1S/C26H24FN9O3S/c1-40(38,39)23-22(14-8-17-3-4-18(9-14)35(17)26(37)21-12-30-34-33-21)32-25-19(11-31-36(25)24(23)28)15-6-13-7-16(27)2-5-20(13)29-10-15/h2,5-7,10-12,14,17-18H,3-4,8-9,28H2,1H3,(H,30,33,34). The van der Waals surface area contributed by atoms with E-state index in [1.54, 1.807) is 24.5 Å². The van der Waals surface area contributed by atoms with Crippen LogP contribution >= 0.6 is 0 Å². The van der Waals surface area contributed by atoms with Crippen LogP contribution in [0.25, 0.3) is 27.7 Å². The van der Waals surface area contributed by atoms with Crippen molar-refractivity contribution in [3.8, 4) is 11.1 Å². The van der Waals surface area contributed by atoms with Crippen molar-refractivity contribution in [2.24, 2.45) is 0 Å². The zero-order chi connectivity index (χ0) is 27.8. The van der Waals surface area contributed by atoms with E-state index in [1.807, 2.05) is 4.90 Å². The van der Waals surface area contributed by atoms with Crippen molar-refractivity contribution in [2.75, 3.05) is 12.0 Å². The Hall–Kier alpha value is -4.46. The Morgan fingerprint density at radius 2 is 1.90 bits per heavy atom. The quantitative estimate of drug-likeness (QED) is 0.335. The van der Waals surface area contributed by atoms with Crippen LogP contribution in [0.3, 0.4) is 0 Å². The van der Waals surface area contributed by atoms with Crippen molar-refractivity contribution in [1.29, 1.82) is 0 Å². The number of benzene rings is 1. The second-order valence-electron chi connectivity index (χ2n) is 10.5. The third kappa shape index (κ3) is 3.81. The van der Waals surface area contributed by atoms with Gasteiger partial charge in [0, 0.05) is 47.0 Å². The number of nitrogen functional groups attached to an aromatic ring is 1. The number of fused-ring (bicyclic) bond motifs is 4. The summed E-state index contributed by atoms with van der Waals surface area (Å²) in [4.78, 5) is 24.3. The molecule has 1 amide bonds. The van der Waals surface area contributed by atoms with Gasteiger partial charge in [-0.1, -0.05) is 0 Å². The molecule has 2 unspecified atom stereocenters. The minimum absolute atomic E-state index is 0.0259. The summed E-state index contributed by atoms with van der Waals surface area (Å²) in [6.07, 6.45) is 8.38. The molecule has 1 aromatic carbocycles. The number of nitrogens with zero attached hydrogens (tertiary/aromatic N) is 7. The average Bonchev–Trinajstić information content (AvgIpc) is 3.65. The molecule has 2 fully saturated rings. The fourth-order valence-corrected chi connectivity index (χ4v) is 7.36. The van der Waals surface area contributed by atoms with Crippen molar-refractivity contribution in [3.05, 3.63) is 60.1 Å². The molecule has 4 aromatic heterocycles. The fourth-order valence-electron chi connectivity index (χ4n) is 6.30. The van der Waals surface area contributed by atoms with Crippen molar-refractivity contribution in [2.45, 2.75) is 48.6 Å². The largest absolute Gasteiger partial charge is 0.382 e. The zero-order valence-electron chi connectivity index (χ0n) is 21.3. The van der Waals surface area contributed by atoms with Crippen LogP contribution < -0.4 is 5.73 Å². The van der Waals surface area contributed by atoms with E-state index < -0.39 is 9.84 Å². The Labute approximate surface area is 227 Å². The molecule has 0 radical (unpaired) electrons. The predicted octanol–water partition coefficient (Wildman–Crippen LogP) is 2.74. The second-order valence-corrected chi connectivity index (χ2v) is 12.4. The van der Waals surface area contributed by atoms with Crippen LogP contribution in [0.1, 0.15) is 47.8 Å². The van der Waals surface area contributed by atoms with Crippen LogP contribution in [0.2, 0.25) is 0 Å². The maximum atomic E-state index is 13.9. The third-order valence-corrected chi connectivity index (χ3v) is 9.14. The molecule has 40 heavy (non-hydrogen) atoms. The van der Waals surface area contributed by atoms with E-state index in [0.29, 0.717) is 46.2 Å². The molecular weight excluding hydrogens is 537 g/mol. The van der Waals surface area contributed by atoms with Crippen LogP contribution in [0.5, 0.6) is 0 Å². The first-order valence-electron chi connectivity index (χ1n) is 12.8. The van der Waals surface area contributed by atoms with E-state index in [-0.39, 0.29) is 46.1 Å². The van der Waals surface area contributed by atoms with E-state index in [2.05, 4.69) is 25.5 Å². The average molecular weight is 562 g/mol. The smallest absolute Gasteiger partial charge is 0.276 e. The van der Waals surface area contributed by atoms with E-state index in [9.17, 15) is 17.6 Å². The molecule has 2 saturated heterocycles. The lowest BCUT2D eigenvalue weighted by molar-refractivity contribution is 0.0562. The molecule has 2 bridgehead atoms. The number of aromatic nitrogens is 7.